The number of hydrogen-bond acceptors (Lipinski definition) is 6. The zero-order valence-electron chi connectivity index (χ0n) is 10.1. The summed E-state index contributed by atoms with van der Waals surface area (Å²) in [4.78, 5) is 13.7. The van der Waals surface area contributed by atoms with E-state index in [-0.39, 0.29) is 12.6 Å². The van der Waals surface area contributed by atoms with E-state index >= 15 is 0 Å². The molecule has 0 saturated carbocycles. The zero-order chi connectivity index (χ0) is 13.8. The van der Waals surface area contributed by atoms with Crippen LogP contribution in [0.4, 0.5) is 0 Å². The van der Waals surface area contributed by atoms with Crippen LogP contribution in [-0.2, 0) is 24.7 Å². The summed E-state index contributed by atoms with van der Waals surface area (Å²) in [6.45, 7) is 0.471. The SMILES string of the molecule is CS(=O)(=O)CCS(=O)(=O)N1CCCC(N=C=O)C1. The van der Waals surface area contributed by atoms with Crippen LogP contribution in [0, 0.1) is 0 Å². The van der Waals surface area contributed by atoms with Crippen LogP contribution in [0.1, 0.15) is 12.8 Å². The number of isocyanates is 1. The highest BCUT2D eigenvalue weighted by molar-refractivity contribution is 7.93. The quantitative estimate of drug-likeness (QED) is 0.486. The Kier molecular flexibility index (Phi) is 5.03. The molecule has 1 atom stereocenters. The first-order valence-electron chi connectivity index (χ1n) is 5.47. The number of piperidine rings is 1. The lowest BCUT2D eigenvalue weighted by atomic mass is 10.1. The number of rotatable bonds is 5. The number of nitrogens with zero attached hydrogens (tertiary/aromatic N) is 2. The molecule has 1 fully saturated rings. The highest BCUT2D eigenvalue weighted by atomic mass is 32.2. The summed E-state index contributed by atoms with van der Waals surface area (Å²) in [5.74, 6) is -0.823. The van der Waals surface area contributed by atoms with E-state index < -0.39 is 31.4 Å². The van der Waals surface area contributed by atoms with Gasteiger partial charge in [-0.2, -0.15) is 4.31 Å². The van der Waals surface area contributed by atoms with E-state index in [1.54, 1.807) is 0 Å². The number of sulfonamides is 1. The maximum atomic E-state index is 11.9. The van der Waals surface area contributed by atoms with E-state index in [0.717, 1.165) is 6.26 Å². The van der Waals surface area contributed by atoms with Crippen molar-refractivity contribution in [1.82, 2.24) is 4.31 Å². The van der Waals surface area contributed by atoms with Gasteiger partial charge in [-0.15, -0.1) is 0 Å². The second-order valence-electron chi connectivity index (χ2n) is 4.32. The van der Waals surface area contributed by atoms with Crippen LogP contribution in [-0.4, -0.2) is 64.1 Å². The smallest absolute Gasteiger partial charge is 0.229 e. The van der Waals surface area contributed by atoms with Gasteiger partial charge in [0.2, 0.25) is 16.1 Å². The van der Waals surface area contributed by atoms with Gasteiger partial charge < -0.3 is 0 Å². The van der Waals surface area contributed by atoms with Crippen molar-refractivity contribution in [1.29, 1.82) is 0 Å². The summed E-state index contributed by atoms with van der Waals surface area (Å²) in [5, 5.41) is 0. The maximum absolute atomic E-state index is 11.9. The summed E-state index contributed by atoms with van der Waals surface area (Å²) in [7, 11) is -6.91. The molecule has 1 aliphatic heterocycles. The topological polar surface area (TPSA) is 101 Å². The molecule has 0 amide bonds. The molecular formula is C9H16N2O5S2. The molecule has 18 heavy (non-hydrogen) atoms. The third-order valence-electron chi connectivity index (χ3n) is 2.70. The number of hydrogen-bond donors (Lipinski definition) is 0. The van der Waals surface area contributed by atoms with Gasteiger partial charge in [0, 0.05) is 19.3 Å². The zero-order valence-corrected chi connectivity index (χ0v) is 11.7. The molecule has 1 rings (SSSR count). The van der Waals surface area contributed by atoms with Crippen LogP contribution in [0.5, 0.6) is 0 Å². The average molecular weight is 296 g/mol. The first-order chi connectivity index (χ1) is 8.24. The highest BCUT2D eigenvalue weighted by Gasteiger charge is 2.29. The molecule has 1 unspecified atom stereocenters. The summed E-state index contributed by atoms with van der Waals surface area (Å²) in [5.41, 5.74) is 0. The summed E-state index contributed by atoms with van der Waals surface area (Å²) >= 11 is 0. The Labute approximate surface area is 107 Å². The third kappa shape index (κ3) is 4.85. The largest absolute Gasteiger partial charge is 0.235 e. The monoisotopic (exact) mass is 296 g/mol. The van der Waals surface area contributed by atoms with E-state index in [2.05, 4.69) is 4.99 Å². The fourth-order valence-electron chi connectivity index (χ4n) is 1.74. The molecule has 0 aromatic carbocycles. The molecule has 9 heteroatoms. The van der Waals surface area contributed by atoms with Crippen molar-refractivity contribution >= 4 is 25.9 Å². The van der Waals surface area contributed by atoms with Crippen LogP contribution >= 0.6 is 0 Å². The Bertz CT molecular complexity index is 533. The number of carbonyl (C=O) groups excluding carboxylic acids is 1. The average Bonchev–Trinajstić information content (AvgIpc) is 2.27. The lowest BCUT2D eigenvalue weighted by Gasteiger charge is -2.29. The normalized spacial score (nSPS) is 22.4. The van der Waals surface area contributed by atoms with Crippen molar-refractivity contribution < 1.29 is 21.6 Å². The number of aliphatic imine (C=N–C) groups is 1. The maximum Gasteiger partial charge on any atom is 0.235 e. The van der Waals surface area contributed by atoms with E-state index in [9.17, 15) is 21.6 Å². The van der Waals surface area contributed by atoms with Crippen LogP contribution < -0.4 is 0 Å². The number of sulfone groups is 1. The second kappa shape index (κ2) is 5.92. The van der Waals surface area contributed by atoms with Gasteiger partial charge >= 0.3 is 0 Å². The van der Waals surface area contributed by atoms with Crippen LogP contribution in [0.2, 0.25) is 0 Å². The van der Waals surface area contributed by atoms with Gasteiger partial charge in [0.25, 0.3) is 0 Å². The molecule has 0 N–H and O–H groups in total. The molecule has 1 heterocycles. The van der Waals surface area contributed by atoms with Crippen LogP contribution in [0.15, 0.2) is 4.99 Å². The Balaban J connectivity index is 2.70. The lowest BCUT2D eigenvalue weighted by molar-refractivity contribution is 0.317. The van der Waals surface area contributed by atoms with Gasteiger partial charge in [-0.3, -0.25) is 0 Å². The van der Waals surface area contributed by atoms with E-state index in [4.69, 9.17) is 0 Å². The van der Waals surface area contributed by atoms with Gasteiger partial charge in [-0.05, 0) is 12.8 Å². The van der Waals surface area contributed by atoms with E-state index in [1.807, 2.05) is 0 Å². The Morgan fingerprint density at radius 2 is 1.94 bits per heavy atom. The standard InChI is InChI=1S/C9H16N2O5S2/c1-17(13,14)5-6-18(15,16)11-4-2-3-9(7-11)10-8-12/h9H,2-7H2,1H3. The van der Waals surface area contributed by atoms with E-state index in [1.165, 1.54) is 10.4 Å². The summed E-state index contributed by atoms with van der Waals surface area (Å²) in [6, 6.07) is -0.371. The molecule has 0 bridgehead atoms. The van der Waals surface area contributed by atoms with Gasteiger partial charge in [0.1, 0.15) is 9.84 Å². The van der Waals surface area contributed by atoms with E-state index in [0.29, 0.717) is 19.4 Å². The molecule has 0 aromatic heterocycles. The minimum atomic E-state index is -3.60. The van der Waals surface area contributed by atoms with Crippen LogP contribution in [0.25, 0.3) is 0 Å². The fourth-order valence-corrected chi connectivity index (χ4v) is 4.86. The van der Waals surface area contributed by atoms with Crippen molar-refractivity contribution in [3.05, 3.63) is 0 Å². The molecule has 0 aromatic rings. The molecule has 1 saturated heterocycles. The first-order valence-corrected chi connectivity index (χ1v) is 9.14. The van der Waals surface area contributed by atoms with Crippen molar-refractivity contribution in [3.63, 3.8) is 0 Å². The minimum Gasteiger partial charge on any atom is -0.229 e. The molecule has 1 aliphatic rings. The molecule has 0 spiro atoms. The van der Waals surface area contributed by atoms with Gasteiger partial charge in [0.15, 0.2) is 0 Å². The van der Waals surface area contributed by atoms with Gasteiger partial charge in [0.05, 0.1) is 17.5 Å². The minimum absolute atomic E-state index is 0.126. The van der Waals surface area contributed by atoms with Gasteiger partial charge in [-0.1, -0.05) is 0 Å². The molecule has 104 valence electrons. The first kappa shape index (κ1) is 15.3. The van der Waals surface area contributed by atoms with Crippen molar-refractivity contribution in [3.8, 4) is 0 Å². The summed E-state index contributed by atoms with van der Waals surface area (Å²) < 4.78 is 47.0. The second-order valence-corrected chi connectivity index (χ2v) is 8.67. The fraction of sp³-hybridized carbons (Fsp3) is 0.889. The predicted molar refractivity (Wildman–Crippen MR) is 66.2 cm³/mol. The molecule has 0 radical (unpaired) electrons. The molecular weight excluding hydrogens is 280 g/mol. The lowest BCUT2D eigenvalue weighted by Crippen LogP contribution is -2.43. The molecule has 0 aliphatic carbocycles. The third-order valence-corrected chi connectivity index (χ3v) is 5.74. The Hall–Kier alpha value is -0.760. The van der Waals surface area contributed by atoms with Crippen molar-refractivity contribution in [2.45, 2.75) is 18.9 Å². The van der Waals surface area contributed by atoms with Crippen LogP contribution in [0.3, 0.4) is 0 Å². The Morgan fingerprint density at radius 1 is 1.28 bits per heavy atom. The predicted octanol–water partition coefficient (Wildman–Crippen LogP) is -0.839. The molecule has 7 nitrogen and oxygen atoms in total. The van der Waals surface area contributed by atoms with Crippen molar-refractivity contribution in [2.75, 3.05) is 30.9 Å². The Morgan fingerprint density at radius 3 is 2.50 bits per heavy atom. The highest BCUT2D eigenvalue weighted by Crippen LogP contribution is 2.16. The van der Waals surface area contributed by atoms with Crippen molar-refractivity contribution in [2.24, 2.45) is 4.99 Å². The summed E-state index contributed by atoms with van der Waals surface area (Å²) in [6.07, 6.45) is 3.67. The van der Waals surface area contributed by atoms with Gasteiger partial charge in [-0.25, -0.2) is 26.6 Å².